The molecule has 1 amide bonds. The summed E-state index contributed by atoms with van der Waals surface area (Å²) in [7, 11) is 0. The van der Waals surface area contributed by atoms with Crippen molar-refractivity contribution < 1.29 is 4.79 Å². The number of hydrogen-bond donors (Lipinski definition) is 1. The maximum atomic E-state index is 13.0. The van der Waals surface area contributed by atoms with Crippen molar-refractivity contribution in [2.75, 3.05) is 13.1 Å². The number of allylic oxidation sites excluding steroid dienone is 1. The van der Waals surface area contributed by atoms with E-state index in [-0.39, 0.29) is 11.5 Å². The van der Waals surface area contributed by atoms with Gasteiger partial charge in [0.05, 0.1) is 10.9 Å². The number of amides is 1. The summed E-state index contributed by atoms with van der Waals surface area (Å²) in [6.45, 7) is 5.44. The highest BCUT2D eigenvalue weighted by atomic mass is 32.1. The number of carbonyl (C=O) groups excluding carboxylic acids is 1. The average Bonchev–Trinajstić information content (AvgIpc) is 3.25. The Morgan fingerprint density at radius 1 is 1.25 bits per heavy atom. The summed E-state index contributed by atoms with van der Waals surface area (Å²) < 4.78 is 4.00. The molecule has 144 valence electrons. The third-order valence-electron chi connectivity index (χ3n) is 5.34. The number of likely N-dealkylation sites (tertiary alicyclic amines) is 1. The van der Waals surface area contributed by atoms with Crippen molar-refractivity contribution in [3.05, 3.63) is 76.1 Å². The molecule has 0 bridgehead atoms. The monoisotopic (exact) mass is 394 g/mol. The predicted molar refractivity (Wildman–Crippen MR) is 112 cm³/mol. The number of nitrogens with zero attached hydrogens (tertiary/aromatic N) is 3. The van der Waals surface area contributed by atoms with Gasteiger partial charge in [-0.15, -0.1) is 6.58 Å². The van der Waals surface area contributed by atoms with Crippen LogP contribution in [0.25, 0.3) is 10.9 Å². The fourth-order valence-corrected chi connectivity index (χ4v) is 4.09. The molecule has 0 radical (unpaired) electrons. The van der Waals surface area contributed by atoms with Crippen molar-refractivity contribution in [2.24, 2.45) is 0 Å². The van der Waals surface area contributed by atoms with Gasteiger partial charge in [0.2, 0.25) is 0 Å². The zero-order valence-corrected chi connectivity index (χ0v) is 16.3. The van der Waals surface area contributed by atoms with Gasteiger partial charge < -0.3 is 14.5 Å². The summed E-state index contributed by atoms with van der Waals surface area (Å²) >= 11 is 5.28. The van der Waals surface area contributed by atoms with Gasteiger partial charge in [-0.05, 0) is 55.4 Å². The fraction of sp³-hybridized carbons (Fsp3) is 0.286. The van der Waals surface area contributed by atoms with Crippen LogP contribution >= 0.6 is 12.2 Å². The molecule has 7 heteroatoms. The molecule has 0 atom stereocenters. The number of fused-ring (bicyclic) bond motifs is 1. The number of aromatic nitrogens is 3. The van der Waals surface area contributed by atoms with Gasteiger partial charge in [-0.3, -0.25) is 14.2 Å². The molecule has 1 aliphatic rings. The van der Waals surface area contributed by atoms with Crippen LogP contribution in [-0.2, 0) is 6.54 Å². The lowest BCUT2D eigenvalue weighted by Gasteiger charge is -2.33. The van der Waals surface area contributed by atoms with Crippen molar-refractivity contribution >= 4 is 29.0 Å². The second-order valence-corrected chi connectivity index (χ2v) is 7.44. The largest absolute Gasteiger partial charge is 0.351 e. The Labute approximate surface area is 167 Å². The number of aromatic amines is 1. The van der Waals surface area contributed by atoms with E-state index in [0.29, 0.717) is 33.8 Å². The zero-order chi connectivity index (χ0) is 19.7. The SMILES string of the molecule is C=CCn1c(=S)[nH]c2cc(C(=O)N3CCC(n4cccc4)CC3)ccc2c1=O. The molecule has 1 N–H and O–H groups in total. The van der Waals surface area contributed by atoms with Gasteiger partial charge >= 0.3 is 0 Å². The Hall–Kier alpha value is -2.93. The van der Waals surface area contributed by atoms with Crippen LogP contribution in [-0.4, -0.2) is 38.0 Å². The quantitative estimate of drug-likeness (QED) is 0.544. The number of piperidine rings is 1. The minimum Gasteiger partial charge on any atom is -0.351 e. The Morgan fingerprint density at radius 2 is 1.96 bits per heavy atom. The molecular formula is C21H22N4O2S. The summed E-state index contributed by atoms with van der Waals surface area (Å²) in [6.07, 6.45) is 7.65. The minimum atomic E-state index is -0.176. The summed E-state index contributed by atoms with van der Waals surface area (Å²) in [5.74, 6) is -0.0116. The Balaban J connectivity index is 1.57. The maximum Gasteiger partial charge on any atom is 0.262 e. The van der Waals surface area contributed by atoms with E-state index >= 15 is 0 Å². The van der Waals surface area contributed by atoms with Gasteiger partial charge in [0.15, 0.2) is 4.77 Å². The lowest BCUT2D eigenvalue weighted by Crippen LogP contribution is -2.39. The molecule has 3 heterocycles. The summed E-state index contributed by atoms with van der Waals surface area (Å²) in [4.78, 5) is 30.5. The van der Waals surface area contributed by atoms with Crippen LogP contribution in [0.1, 0.15) is 29.2 Å². The van der Waals surface area contributed by atoms with E-state index in [1.807, 2.05) is 17.0 Å². The molecule has 6 nitrogen and oxygen atoms in total. The molecule has 0 unspecified atom stereocenters. The maximum absolute atomic E-state index is 13.0. The summed E-state index contributed by atoms with van der Waals surface area (Å²) in [6, 6.07) is 9.64. The number of carbonyl (C=O) groups is 1. The predicted octanol–water partition coefficient (Wildman–Crippen LogP) is 3.52. The Bertz CT molecular complexity index is 1140. The van der Waals surface area contributed by atoms with E-state index in [4.69, 9.17) is 12.2 Å². The zero-order valence-electron chi connectivity index (χ0n) is 15.5. The smallest absolute Gasteiger partial charge is 0.262 e. The third-order valence-corrected chi connectivity index (χ3v) is 5.66. The van der Waals surface area contributed by atoms with Gasteiger partial charge in [0.1, 0.15) is 0 Å². The minimum absolute atomic E-state index is 0.0116. The second kappa shape index (κ2) is 7.59. The lowest BCUT2D eigenvalue weighted by molar-refractivity contribution is 0.0695. The van der Waals surface area contributed by atoms with Crippen molar-refractivity contribution in [1.82, 2.24) is 19.0 Å². The lowest BCUT2D eigenvalue weighted by atomic mass is 10.0. The van der Waals surface area contributed by atoms with E-state index in [2.05, 4.69) is 28.5 Å². The molecule has 1 fully saturated rings. The van der Waals surface area contributed by atoms with Crippen molar-refractivity contribution in [1.29, 1.82) is 0 Å². The van der Waals surface area contributed by atoms with Crippen molar-refractivity contribution in [3.8, 4) is 0 Å². The topological polar surface area (TPSA) is 63.0 Å². The molecule has 28 heavy (non-hydrogen) atoms. The fourth-order valence-electron chi connectivity index (χ4n) is 3.82. The Kier molecular flexibility index (Phi) is 5.00. The molecule has 2 aromatic heterocycles. The van der Waals surface area contributed by atoms with Crippen LogP contribution in [0.15, 0.2) is 60.2 Å². The number of benzene rings is 1. The summed E-state index contributed by atoms with van der Waals surface area (Å²) in [5.41, 5.74) is 0.979. The number of rotatable bonds is 4. The van der Waals surface area contributed by atoms with Gasteiger partial charge in [0, 0.05) is 43.6 Å². The van der Waals surface area contributed by atoms with Crippen LogP contribution in [0.3, 0.4) is 0 Å². The molecule has 1 saturated heterocycles. The van der Waals surface area contributed by atoms with Crippen LogP contribution in [0.2, 0.25) is 0 Å². The van der Waals surface area contributed by atoms with Gasteiger partial charge in [-0.25, -0.2) is 0 Å². The van der Waals surface area contributed by atoms with Crippen LogP contribution in [0.4, 0.5) is 0 Å². The second-order valence-electron chi connectivity index (χ2n) is 7.05. The van der Waals surface area contributed by atoms with Crippen molar-refractivity contribution in [2.45, 2.75) is 25.4 Å². The van der Waals surface area contributed by atoms with E-state index in [1.54, 1.807) is 24.3 Å². The van der Waals surface area contributed by atoms with Gasteiger partial charge in [-0.1, -0.05) is 6.08 Å². The molecule has 0 saturated carbocycles. The van der Waals surface area contributed by atoms with Crippen molar-refractivity contribution in [3.63, 3.8) is 0 Å². The molecule has 4 rings (SSSR count). The van der Waals surface area contributed by atoms with Gasteiger partial charge in [-0.2, -0.15) is 0 Å². The molecule has 1 aliphatic heterocycles. The van der Waals surface area contributed by atoms with E-state index in [9.17, 15) is 9.59 Å². The normalized spacial score (nSPS) is 15.1. The highest BCUT2D eigenvalue weighted by Crippen LogP contribution is 2.24. The first-order valence-electron chi connectivity index (χ1n) is 9.38. The van der Waals surface area contributed by atoms with Crippen LogP contribution in [0, 0.1) is 4.77 Å². The first kappa shape index (κ1) is 18.4. The summed E-state index contributed by atoms with van der Waals surface area (Å²) in [5, 5.41) is 0.512. The van der Waals surface area contributed by atoms with Crippen LogP contribution < -0.4 is 5.56 Å². The molecular weight excluding hydrogens is 372 g/mol. The molecule has 3 aromatic rings. The highest BCUT2D eigenvalue weighted by Gasteiger charge is 2.24. The van der Waals surface area contributed by atoms with E-state index in [1.165, 1.54) is 4.57 Å². The first-order chi connectivity index (χ1) is 13.6. The van der Waals surface area contributed by atoms with Gasteiger partial charge in [0.25, 0.3) is 11.5 Å². The number of hydrogen-bond acceptors (Lipinski definition) is 3. The molecule has 0 spiro atoms. The average molecular weight is 395 g/mol. The van der Waals surface area contributed by atoms with E-state index < -0.39 is 0 Å². The van der Waals surface area contributed by atoms with E-state index in [0.717, 1.165) is 25.9 Å². The standard InChI is InChI=1S/C21H22N4O2S/c1-2-9-25-20(27)17-6-5-15(14-18(17)22-21(25)28)19(26)24-12-7-16(8-13-24)23-10-3-4-11-23/h2-6,10-11,14,16H,1,7-9,12-13H2,(H,22,28). The molecule has 0 aliphatic carbocycles. The highest BCUT2D eigenvalue weighted by molar-refractivity contribution is 7.71. The Morgan fingerprint density at radius 3 is 2.64 bits per heavy atom. The third kappa shape index (κ3) is 3.33. The number of H-pyrrole nitrogens is 1. The van der Waals surface area contributed by atoms with Crippen LogP contribution in [0.5, 0.6) is 0 Å². The molecule has 1 aromatic carbocycles. The first-order valence-corrected chi connectivity index (χ1v) is 9.79. The number of nitrogens with one attached hydrogen (secondary N) is 1.